The molecule has 0 amide bonds. The summed E-state index contributed by atoms with van der Waals surface area (Å²) in [5.74, 6) is 2.90. The lowest BCUT2D eigenvalue weighted by Crippen LogP contribution is -2.75. The van der Waals surface area contributed by atoms with E-state index in [-0.39, 0.29) is 0 Å². The molecular formula is C82H48N16O4S+6. The summed E-state index contributed by atoms with van der Waals surface area (Å²) < 4.78 is 56.3. The van der Waals surface area contributed by atoms with E-state index in [1.807, 2.05) is 6.07 Å². The van der Waals surface area contributed by atoms with Crippen LogP contribution in [0.4, 0.5) is 0 Å². The first kappa shape index (κ1) is 51.6. The van der Waals surface area contributed by atoms with Crippen LogP contribution in [0.2, 0.25) is 0 Å². The van der Waals surface area contributed by atoms with Gasteiger partial charge in [0.1, 0.15) is 39.2 Å². The molecular weight excluding hydrogens is 1310 g/mol. The van der Waals surface area contributed by atoms with Gasteiger partial charge in [-0.2, -0.15) is 28.8 Å². The average Bonchev–Trinajstić information content (AvgIpc) is 1.48. The standard InChI is InChI=1S/C28H18N6O.C27H15N5O2.C27H15N5OS/c1-15-14-21-19-8-5-9-23-32(19)28(34(21)29-15)25-22(35-23)11-10-17-16-6-3-4-7-18(16)31-20-12-13-30(2)26(20)33(28)27(31)24(17)25;1-14-13-20-18-7-4-8-22-30(18)27(32(20)28-14)24-21(34-22)10-9-16-15-5-2-3-6-17(15)29-19-11-12-33-26(19)31(27)25(29)23(16)24;1-14-13-20-18-7-4-8-22-30(18)27(32(20)28-14)24-21(33-22)10-9-16-15-5-2-3-6-17(15)29-19-11-12-34-26(19)31(27)25(29)23(16)24/h3-14H,1-2H3;2*2-13H,1H3/q3*+2. The van der Waals surface area contributed by atoms with Crippen LogP contribution < -0.4 is 41.6 Å². The van der Waals surface area contributed by atoms with Crippen LogP contribution in [0.1, 0.15) is 33.8 Å². The van der Waals surface area contributed by atoms with Crippen molar-refractivity contribution in [2.24, 2.45) is 7.05 Å². The lowest BCUT2D eigenvalue weighted by molar-refractivity contribution is -0.962. The van der Waals surface area contributed by atoms with Crippen molar-refractivity contribution in [2.75, 3.05) is 0 Å². The molecule has 0 N–H and O–H groups in total. The molecule has 480 valence electrons. The lowest BCUT2D eigenvalue weighted by Gasteiger charge is -2.27. The minimum absolute atomic E-state index is 0.680. The van der Waals surface area contributed by atoms with Gasteiger partial charge in [-0.15, -0.1) is 18.5 Å². The first-order valence-electron chi connectivity index (χ1n) is 34.7. The van der Waals surface area contributed by atoms with Gasteiger partial charge in [-0.05, 0) is 117 Å². The Morgan fingerprint density at radius 3 is 1.29 bits per heavy atom. The van der Waals surface area contributed by atoms with E-state index in [9.17, 15) is 0 Å². The summed E-state index contributed by atoms with van der Waals surface area (Å²) in [7, 11) is 2.13. The normalized spacial score (nSPS) is 18.4. The van der Waals surface area contributed by atoms with Gasteiger partial charge in [0, 0.05) is 68.7 Å². The van der Waals surface area contributed by atoms with Crippen molar-refractivity contribution in [3.05, 3.63) is 252 Å². The molecule has 20 nitrogen and oxygen atoms in total. The number of aryl methyl sites for hydroxylation is 4. The van der Waals surface area contributed by atoms with Gasteiger partial charge in [-0.3, -0.25) is 4.57 Å². The molecule has 0 radical (unpaired) electrons. The number of hydrogen-bond donors (Lipinski definition) is 0. The smallest absolute Gasteiger partial charge is 0.428 e. The van der Waals surface area contributed by atoms with Crippen molar-refractivity contribution >= 4 is 126 Å². The molecule has 3 unspecified atom stereocenters. The Bertz CT molecular complexity index is 7600. The molecule has 3 atom stereocenters. The van der Waals surface area contributed by atoms with Gasteiger partial charge in [-0.1, -0.05) is 84.2 Å². The Morgan fingerprint density at radius 2 is 0.796 bits per heavy atom. The minimum atomic E-state index is -0.785. The van der Waals surface area contributed by atoms with Crippen molar-refractivity contribution in [2.45, 2.75) is 38.1 Å². The number of imidazole rings is 3. The Morgan fingerprint density at radius 1 is 0.369 bits per heavy atom. The van der Waals surface area contributed by atoms with Gasteiger partial charge >= 0.3 is 52.0 Å². The maximum Gasteiger partial charge on any atom is 0.452 e. The molecule has 9 aliphatic rings. The number of ether oxygens (including phenoxy) is 3. The topological polar surface area (TPSA) is 136 Å². The largest absolute Gasteiger partial charge is 0.452 e. The number of nitrogens with zero attached hydrogens (tertiary/aromatic N) is 16. The zero-order chi connectivity index (χ0) is 66.6. The highest BCUT2D eigenvalue weighted by Gasteiger charge is 2.74. The van der Waals surface area contributed by atoms with E-state index in [1.165, 1.54) is 92.2 Å². The van der Waals surface area contributed by atoms with Crippen LogP contribution in [-0.4, -0.2) is 47.1 Å². The van der Waals surface area contributed by atoms with Gasteiger partial charge in [0.05, 0.1) is 70.9 Å². The second-order valence-corrected chi connectivity index (χ2v) is 29.6. The van der Waals surface area contributed by atoms with E-state index in [0.717, 1.165) is 125 Å². The third-order valence-electron chi connectivity index (χ3n) is 23.9. The first-order valence-corrected chi connectivity index (χ1v) is 35.6. The molecule has 0 fully saturated rings. The predicted octanol–water partition coefficient (Wildman–Crippen LogP) is 12.9. The van der Waals surface area contributed by atoms with Crippen LogP contribution in [0.15, 0.2) is 222 Å². The fourth-order valence-electron chi connectivity index (χ4n) is 20.7. The number of fused-ring (bicyclic) bond motifs is 24. The van der Waals surface area contributed by atoms with Gasteiger partial charge < -0.3 is 18.6 Å². The number of furan rings is 1. The predicted molar refractivity (Wildman–Crippen MR) is 381 cm³/mol. The SMILES string of the molecule is Cc1cc2n(n1)C13c4c(ccc5c6ccccc6n6c7ccn(C)c7[n+]1c6c45)Oc1cccc-2[n+]13.Cc1cc2n(n1)C13c4c(ccc5c6ccccc6n6c7ccoc7[n+]1c6c45)Oc1cccc-2[n+]13.Cc1cc2n(n1)C13c4c(ccc5c6ccccc6n6c7ccsc7[n+]1c6c45)Oc1cccc-2[n+]13. The zero-order valence-electron chi connectivity index (χ0n) is 55.0. The zero-order valence-corrected chi connectivity index (χ0v) is 55.8. The Hall–Kier alpha value is -13.5. The third kappa shape index (κ3) is 5.06. The fourth-order valence-corrected chi connectivity index (χ4v) is 21.6. The highest BCUT2D eigenvalue weighted by atomic mass is 32.1. The minimum Gasteiger partial charge on any atom is -0.428 e. The summed E-state index contributed by atoms with van der Waals surface area (Å²) in [4.78, 5) is 1.23. The van der Waals surface area contributed by atoms with E-state index < -0.39 is 17.4 Å². The van der Waals surface area contributed by atoms with E-state index >= 15 is 0 Å². The summed E-state index contributed by atoms with van der Waals surface area (Å²) in [6.45, 7) is 6.20. The number of para-hydroxylation sites is 3. The maximum atomic E-state index is 6.61. The number of benzene rings is 6. The Balaban J connectivity index is 0.0000000849. The van der Waals surface area contributed by atoms with Crippen molar-refractivity contribution in [1.29, 1.82) is 0 Å². The van der Waals surface area contributed by atoms with Crippen molar-refractivity contribution in [1.82, 2.24) is 47.1 Å². The summed E-state index contributed by atoms with van der Waals surface area (Å²) in [6, 6.07) is 71.0. The number of aromatic nitrogens is 16. The molecule has 15 aromatic heterocycles. The van der Waals surface area contributed by atoms with Crippen LogP contribution >= 0.6 is 11.3 Å². The average molecular weight is 1350 g/mol. The summed E-state index contributed by atoms with van der Waals surface area (Å²) in [6.07, 6.45) is 3.93. The molecule has 0 bridgehead atoms. The van der Waals surface area contributed by atoms with Crippen LogP contribution in [0.25, 0.3) is 149 Å². The van der Waals surface area contributed by atoms with E-state index in [2.05, 4.69) is 293 Å². The molecule has 0 saturated heterocycles. The van der Waals surface area contributed by atoms with Crippen LogP contribution in [0.5, 0.6) is 34.9 Å². The Labute approximate surface area is 581 Å². The quantitative estimate of drug-likeness (QED) is 0.109. The monoisotopic (exact) mass is 1350 g/mol. The van der Waals surface area contributed by atoms with Gasteiger partial charge in [0.2, 0.25) is 27.4 Å². The first-order chi connectivity index (χ1) is 50.8. The molecule has 21 heteroatoms. The molecule has 6 aromatic carbocycles. The lowest BCUT2D eigenvalue weighted by atomic mass is 9.97. The number of hydrogen-bond acceptors (Lipinski definition) is 8. The molecule has 0 saturated carbocycles. The highest BCUT2D eigenvalue weighted by molar-refractivity contribution is 7.16. The number of thiophene rings is 1. The fraction of sp³-hybridized carbons (Fsp3) is 0.0854. The van der Waals surface area contributed by atoms with Crippen LogP contribution in [-0.2, 0) is 24.4 Å². The number of pyridine rings is 6. The molecule has 21 aromatic rings. The van der Waals surface area contributed by atoms with E-state index in [1.54, 1.807) is 17.6 Å². The molecule has 24 heterocycles. The van der Waals surface area contributed by atoms with Crippen molar-refractivity contribution < 1.29 is 46.0 Å². The molecule has 0 aliphatic carbocycles. The maximum absolute atomic E-state index is 6.61. The summed E-state index contributed by atoms with van der Waals surface area (Å²) in [5.41, 5.74) is 25.5. The second kappa shape index (κ2) is 16.2. The Kier molecular flexibility index (Phi) is 8.11. The van der Waals surface area contributed by atoms with Crippen LogP contribution in [0, 0.1) is 20.8 Å². The van der Waals surface area contributed by atoms with Gasteiger partial charge in [-0.25, -0.2) is 4.40 Å². The summed E-state index contributed by atoms with van der Waals surface area (Å²) >= 11 is 1.79. The van der Waals surface area contributed by atoms with Gasteiger partial charge in [0.25, 0.3) is 11.3 Å². The summed E-state index contributed by atoms with van der Waals surface area (Å²) in [5, 5.41) is 28.6. The molecule has 9 aliphatic heterocycles. The van der Waals surface area contributed by atoms with E-state index in [0.29, 0.717) is 0 Å². The van der Waals surface area contributed by atoms with Gasteiger partial charge in [0.15, 0.2) is 39.4 Å². The van der Waals surface area contributed by atoms with E-state index in [4.69, 9.17) is 33.9 Å². The molecule has 30 rings (SSSR count). The molecule has 103 heavy (non-hydrogen) atoms. The third-order valence-corrected chi connectivity index (χ3v) is 24.8. The number of rotatable bonds is 0. The second-order valence-electron chi connectivity index (χ2n) is 28.7. The van der Waals surface area contributed by atoms with Crippen LogP contribution in [0.3, 0.4) is 0 Å². The molecule has 3 spiro atoms. The van der Waals surface area contributed by atoms with Crippen molar-refractivity contribution in [3.8, 4) is 69.1 Å². The van der Waals surface area contributed by atoms with Crippen molar-refractivity contribution in [3.63, 3.8) is 0 Å². The highest BCUT2D eigenvalue weighted by Crippen LogP contribution is 2.57.